The highest BCUT2D eigenvalue weighted by atomic mass is 33.2. The fourth-order valence-corrected chi connectivity index (χ4v) is 8.15. The second-order valence-electron chi connectivity index (χ2n) is 6.96. The smallest absolute Gasteiger partial charge is 0.268 e. The van der Waals surface area contributed by atoms with Crippen molar-refractivity contribution in [1.29, 1.82) is 0 Å². The molecule has 4 rings (SSSR count). The molecule has 0 aliphatic carbocycles. The molecule has 0 amide bonds. The van der Waals surface area contributed by atoms with E-state index in [4.69, 9.17) is 0 Å². The maximum atomic E-state index is 12.9. The van der Waals surface area contributed by atoms with E-state index >= 15 is 0 Å². The standard InChI is InChI=1S/C20H16N2O9S4/c23-33(24,25)21(19-13-5-9-15-7-1-3-11-17(15)19)31-35(29,30)32-22(34(26,27)28)20-14-6-10-16-8-2-4-12-18(16)20/h1-14H,(H,23,24,25)(H,26,27,28). The Balaban J connectivity index is 1.78. The average Bonchev–Trinajstić information content (AvgIpc) is 2.79. The minimum Gasteiger partial charge on any atom is -0.268 e. The second-order valence-corrected chi connectivity index (χ2v) is 12.8. The summed E-state index contributed by atoms with van der Waals surface area (Å²) in [5.41, 5.74) is -0.579. The zero-order chi connectivity index (χ0) is 25.4. The van der Waals surface area contributed by atoms with Crippen LogP contribution in [0.4, 0.5) is 11.4 Å². The molecule has 0 fully saturated rings. The molecule has 2 N–H and O–H groups in total. The zero-order valence-electron chi connectivity index (χ0n) is 17.4. The van der Waals surface area contributed by atoms with Crippen molar-refractivity contribution < 1.29 is 38.6 Å². The van der Waals surface area contributed by atoms with Gasteiger partial charge < -0.3 is 0 Å². The summed E-state index contributed by atoms with van der Waals surface area (Å²) in [5.74, 6) is 0. The molecule has 0 heterocycles. The van der Waals surface area contributed by atoms with E-state index in [1.54, 1.807) is 48.5 Å². The van der Waals surface area contributed by atoms with Crippen LogP contribution in [0, 0.1) is 0 Å². The lowest BCUT2D eigenvalue weighted by Gasteiger charge is -2.23. The Bertz CT molecular complexity index is 1610. The maximum Gasteiger partial charge on any atom is 0.384 e. The molecule has 0 saturated carbocycles. The molecule has 11 nitrogen and oxygen atoms in total. The summed E-state index contributed by atoms with van der Waals surface area (Å²) in [6.45, 7) is 0. The Morgan fingerprint density at radius 3 is 1.57 bits per heavy atom. The van der Waals surface area contributed by atoms with Crippen molar-refractivity contribution in [2.24, 2.45) is 0 Å². The molecule has 0 aliphatic heterocycles. The van der Waals surface area contributed by atoms with Crippen molar-refractivity contribution in [1.82, 2.24) is 0 Å². The van der Waals surface area contributed by atoms with Crippen molar-refractivity contribution in [2.45, 2.75) is 0 Å². The highest BCUT2D eigenvalue weighted by molar-refractivity contribution is 8.72. The summed E-state index contributed by atoms with van der Waals surface area (Å²) < 4.78 is 98.2. The van der Waals surface area contributed by atoms with Crippen LogP contribution in [-0.2, 0) is 34.0 Å². The lowest BCUT2D eigenvalue weighted by molar-refractivity contribution is 0.327. The molecule has 184 valence electrons. The predicted octanol–water partition coefficient (Wildman–Crippen LogP) is 3.74. The third-order valence-electron chi connectivity index (χ3n) is 4.66. The molecule has 0 unspecified atom stereocenters. The highest BCUT2D eigenvalue weighted by Crippen LogP contribution is 2.37. The molecule has 0 saturated heterocycles. The molecular weight excluding hydrogens is 540 g/mol. The maximum absolute atomic E-state index is 12.9. The van der Waals surface area contributed by atoms with Gasteiger partial charge in [-0.2, -0.15) is 29.0 Å². The number of nitrogens with zero attached hydrogens (tertiary/aromatic N) is 2. The molecule has 4 aromatic carbocycles. The van der Waals surface area contributed by atoms with E-state index in [-0.39, 0.29) is 30.3 Å². The first kappa shape index (κ1) is 25.2. The van der Waals surface area contributed by atoms with Gasteiger partial charge in [0.15, 0.2) is 0 Å². The van der Waals surface area contributed by atoms with E-state index in [1.807, 2.05) is 0 Å². The highest BCUT2D eigenvalue weighted by Gasteiger charge is 2.35. The van der Waals surface area contributed by atoms with Gasteiger partial charge in [0.25, 0.3) is 0 Å². The van der Waals surface area contributed by atoms with Crippen LogP contribution in [0.5, 0.6) is 0 Å². The van der Waals surface area contributed by atoms with Crippen LogP contribution >= 0.6 is 11.0 Å². The van der Waals surface area contributed by atoms with Crippen LogP contribution in [0.2, 0.25) is 0 Å². The monoisotopic (exact) mass is 556 g/mol. The molecule has 0 aromatic heterocycles. The van der Waals surface area contributed by atoms with Crippen molar-refractivity contribution >= 4 is 73.7 Å². The lowest BCUT2D eigenvalue weighted by Crippen LogP contribution is -2.34. The largest absolute Gasteiger partial charge is 0.384 e. The van der Waals surface area contributed by atoms with Crippen molar-refractivity contribution in [3.8, 4) is 0 Å². The summed E-state index contributed by atoms with van der Waals surface area (Å²) in [7, 11) is -16.2. The second kappa shape index (κ2) is 9.27. The van der Waals surface area contributed by atoms with Gasteiger partial charge in [0, 0.05) is 10.8 Å². The SMILES string of the molecule is O=S(=O)(ON(c1cccc2ccccc12)S(=O)(=O)O)SN(c1cccc2ccccc12)S(=O)(=O)O. The summed E-state index contributed by atoms with van der Waals surface area (Å²) in [5, 5.41) is 1.53. The van der Waals surface area contributed by atoms with Gasteiger partial charge in [-0.05, 0) is 22.9 Å². The normalized spacial score (nSPS) is 12.6. The summed E-state index contributed by atoms with van der Waals surface area (Å²) in [4.78, 5) is 0. The van der Waals surface area contributed by atoms with Gasteiger partial charge >= 0.3 is 29.8 Å². The number of hydrogen-bond donors (Lipinski definition) is 2. The zero-order valence-corrected chi connectivity index (χ0v) is 20.6. The molecule has 0 spiro atoms. The number of fused-ring (bicyclic) bond motifs is 2. The van der Waals surface area contributed by atoms with Crippen LogP contribution in [0.25, 0.3) is 21.5 Å². The Kier molecular flexibility index (Phi) is 6.67. The summed E-state index contributed by atoms with van der Waals surface area (Å²) >= 11 is 0. The van der Waals surface area contributed by atoms with Gasteiger partial charge in [-0.25, -0.2) is 0 Å². The molecule has 0 bridgehead atoms. The van der Waals surface area contributed by atoms with Crippen molar-refractivity contribution in [3.05, 3.63) is 84.9 Å². The number of anilines is 2. The number of benzene rings is 4. The van der Waals surface area contributed by atoms with Crippen LogP contribution in [0.1, 0.15) is 0 Å². The average molecular weight is 557 g/mol. The molecule has 0 atom stereocenters. The quantitative estimate of drug-likeness (QED) is 0.142. The van der Waals surface area contributed by atoms with E-state index in [1.165, 1.54) is 36.4 Å². The van der Waals surface area contributed by atoms with E-state index in [0.717, 1.165) is 0 Å². The van der Waals surface area contributed by atoms with Gasteiger partial charge in [-0.1, -0.05) is 72.8 Å². The lowest BCUT2D eigenvalue weighted by atomic mass is 10.1. The molecule has 35 heavy (non-hydrogen) atoms. The van der Waals surface area contributed by atoms with Gasteiger partial charge in [-0.15, -0.1) is 8.75 Å². The molecule has 4 aromatic rings. The van der Waals surface area contributed by atoms with Crippen LogP contribution < -0.4 is 8.18 Å². The number of rotatable bonds is 8. The van der Waals surface area contributed by atoms with Crippen LogP contribution in [0.3, 0.4) is 0 Å². The minimum absolute atomic E-state index is 0.0654. The molecule has 15 heteroatoms. The fourth-order valence-electron chi connectivity index (χ4n) is 3.32. The first-order valence-electron chi connectivity index (χ1n) is 9.52. The minimum atomic E-state index is -5.33. The fraction of sp³-hybridized carbons (Fsp3) is 0. The first-order chi connectivity index (χ1) is 16.4. The van der Waals surface area contributed by atoms with Gasteiger partial charge in [0.05, 0.1) is 11.4 Å². The molecule has 0 radical (unpaired) electrons. The topological polar surface area (TPSA) is 159 Å². The molecule has 0 aliphatic rings. The van der Waals surface area contributed by atoms with Crippen molar-refractivity contribution in [2.75, 3.05) is 8.18 Å². The third-order valence-corrected chi connectivity index (χ3v) is 9.16. The van der Waals surface area contributed by atoms with E-state index < -0.39 is 40.7 Å². The van der Waals surface area contributed by atoms with Crippen LogP contribution in [-0.4, -0.2) is 34.4 Å². The Hall–Kier alpha value is -2.92. The van der Waals surface area contributed by atoms with E-state index in [9.17, 15) is 34.4 Å². The number of hydrogen-bond acceptors (Lipinski definition) is 8. The van der Waals surface area contributed by atoms with Crippen LogP contribution in [0.15, 0.2) is 84.9 Å². The first-order valence-corrected chi connectivity index (χ1v) is 15.0. The Morgan fingerprint density at radius 2 is 1.06 bits per heavy atom. The van der Waals surface area contributed by atoms with E-state index in [2.05, 4.69) is 4.28 Å². The Morgan fingerprint density at radius 1 is 0.600 bits per heavy atom. The van der Waals surface area contributed by atoms with Gasteiger partial charge in [-0.3, -0.25) is 9.11 Å². The van der Waals surface area contributed by atoms with E-state index in [0.29, 0.717) is 10.8 Å². The van der Waals surface area contributed by atoms with Gasteiger partial charge in [0.2, 0.25) is 0 Å². The summed E-state index contributed by atoms with van der Waals surface area (Å²) in [6, 6.07) is 21.2. The predicted molar refractivity (Wildman–Crippen MR) is 134 cm³/mol. The Labute approximate surface area is 204 Å². The van der Waals surface area contributed by atoms with Crippen molar-refractivity contribution in [3.63, 3.8) is 0 Å². The molecular formula is C20H16N2O9S4. The summed E-state index contributed by atoms with van der Waals surface area (Å²) in [6.07, 6.45) is 0. The third kappa shape index (κ3) is 5.51. The van der Waals surface area contributed by atoms with Gasteiger partial charge in [0.1, 0.15) is 11.0 Å².